The van der Waals surface area contributed by atoms with Gasteiger partial charge in [0.1, 0.15) is 11.7 Å². The summed E-state index contributed by atoms with van der Waals surface area (Å²) in [6.07, 6.45) is -0.353. The number of hydrogen-bond acceptors (Lipinski definition) is 4. The molecule has 6 aromatic carbocycles. The van der Waals surface area contributed by atoms with Gasteiger partial charge in [0, 0.05) is 11.1 Å². The first-order valence-corrected chi connectivity index (χ1v) is 13.9. The van der Waals surface area contributed by atoms with Gasteiger partial charge in [-0.15, -0.1) is 0 Å². The van der Waals surface area contributed by atoms with Gasteiger partial charge >= 0.3 is 0 Å². The van der Waals surface area contributed by atoms with Crippen molar-refractivity contribution in [2.45, 2.75) is 6.17 Å². The summed E-state index contributed by atoms with van der Waals surface area (Å²) in [5, 5.41) is 15.1. The molecular formula is C38H26N4. The number of aliphatic imine (C=N–C) groups is 2. The Kier molecular flexibility index (Phi) is 6.60. The van der Waals surface area contributed by atoms with Crippen LogP contribution in [0.25, 0.3) is 33.0 Å². The standard InChI is InChI=1S/C38H26N4/c39-25-26-9-7-14-32(23-26)34-16-8-15-33-24-31(21-22-35(33)34)27-17-19-30(20-18-27)38-41-36(28-10-3-1-4-11-28)40-37(42-38)29-12-5-2-6-13-29/h1-24,38H,(H,40,41,42). The third-order valence-electron chi connectivity index (χ3n) is 7.56. The van der Waals surface area contributed by atoms with Crippen LogP contribution in [0.15, 0.2) is 156 Å². The molecule has 0 radical (unpaired) electrons. The van der Waals surface area contributed by atoms with Crippen molar-refractivity contribution >= 4 is 22.4 Å². The number of rotatable bonds is 5. The lowest BCUT2D eigenvalue weighted by Crippen LogP contribution is -2.35. The normalized spacial score (nSPS) is 13.1. The maximum atomic E-state index is 9.35. The van der Waals surface area contributed by atoms with Crippen LogP contribution in [0.1, 0.15) is 28.4 Å². The van der Waals surface area contributed by atoms with Crippen molar-refractivity contribution in [3.05, 3.63) is 168 Å². The Hall–Kier alpha value is -5.79. The minimum Gasteiger partial charge on any atom is -0.324 e. The van der Waals surface area contributed by atoms with Crippen LogP contribution >= 0.6 is 0 Å². The summed E-state index contributed by atoms with van der Waals surface area (Å²) >= 11 is 0. The summed E-state index contributed by atoms with van der Waals surface area (Å²) in [7, 11) is 0. The first-order chi connectivity index (χ1) is 20.7. The molecule has 0 fully saturated rings. The van der Waals surface area contributed by atoms with Crippen molar-refractivity contribution in [2.24, 2.45) is 9.98 Å². The van der Waals surface area contributed by atoms with Gasteiger partial charge in [-0.05, 0) is 56.8 Å². The quantitative estimate of drug-likeness (QED) is 0.239. The van der Waals surface area contributed by atoms with E-state index in [0.717, 1.165) is 61.4 Å². The highest BCUT2D eigenvalue weighted by molar-refractivity contribution is 6.15. The van der Waals surface area contributed by atoms with Gasteiger partial charge in [0.25, 0.3) is 0 Å². The summed E-state index contributed by atoms with van der Waals surface area (Å²) < 4.78 is 0. The van der Waals surface area contributed by atoms with Crippen LogP contribution in [0.2, 0.25) is 0 Å². The van der Waals surface area contributed by atoms with E-state index in [2.05, 4.69) is 102 Å². The van der Waals surface area contributed by atoms with Crippen molar-refractivity contribution in [1.82, 2.24) is 5.32 Å². The zero-order valence-electron chi connectivity index (χ0n) is 22.8. The molecular weight excluding hydrogens is 512 g/mol. The molecule has 7 rings (SSSR count). The number of amidine groups is 2. The molecule has 0 spiro atoms. The molecule has 0 bridgehead atoms. The van der Waals surface area contributed by atoms with Crippen LogP contribution in [0, 0.1) is 11.3 Å². The average Bonchev–Trinajstić information content (AvgIpc) is 3.08. The van der Waals surface area contributed by atoms with Gasteiger partial charge in [0.2, 0.25) is 0 Å². The minimum atomic E-state index is -0.353. The van der Waals surface area contributed by atoms with Gasteiger partial charge in [0.15, 0.2) is 6.17 Å². The molecule has 1 aliphatic heterocycles. The molecule has 4 heteroatoms. The topological polar surface area (TPSA) is 60.5 Å². The number of fused-ring (bicyclic) bond motifs is 1. The van der Waals surface area contributed by atoms with Gasteiger partial charge in [-0.2, -0.15) is 5.26 Å². The molecule has 0 saturated heterocycles. The molecule has 42 heavy (non-hydrogen) atoms. The largest absolute Gasteiger partial charge is 0.324 e. The molecule has 6 aromatic rings. The van der Waals surface area contributed by atoms with Crippen LogP contribution in [-0.2, 0) is 0 Å². The Labute approximate surface area is 245 Å². The second-order valence-corrected chi connectivity index (χ2v) is 10.2. The molecule has 1 heterocycles. The summed E-state index contributed by atoms with van der Waals surface area (Å²) in [5.74, 6) is 1.62. The monoisotopic (exact) mass is 538 g/mol. The van der Waals surface area contributed by atoms with Crippen molar-refractivity contribution in [2.75, 3.05) is 0 Å². The molecule has 0 aromatic heterocycles. The Morgan fingerprint density at radius 3 is 1.81 bits per heavy atom. The Morgan fingerprint density at radius 2 is 1.14 bits per heavy atom. The molecule has 0 unspecified atom stereocenters. The molecule has 0 atom stereocenters. The number of hydrogen-bond donors (Lipinski definition) is 1. The highest BCUT2D eigenvalue weighted by Gasteiger charge is 2.20. The second-order valence-electron chi connectivity index (χ2n) is 10.2. The first kappa shape index (κ1) is 25.2. The fourth-order valence-corrected chi connectivity index (χ4v) is 5.40. The summed E-state index contributed by atoms with van der Waals surface area (Å²) in [6, 6.07) is 51.8. The smallest absolute Gasteiger partial charge is 0.169 e. The van der Waals surface area contributed by atoms with Crippen molar-refractivity contribution in [3.8, 4) is 28.3 Å². The van der Waals surface area contributed by atoms with E-state index in [4.69, 9.17) is 9.98 Å². The third-order valence-corrected chi connectivity index (χ3v) is 7.56. The van der Waals surface area contributed by atoms with E-state index in [-0.39, 0.29) is 6.17 Å². The van der Waals surface area contributed by atoms with Crippen molar-refractivity contribution < 1.29 is 0 Å². The van der Waals surface area contributed by atoms with Crippen LogP contribution in [0.5, 0.6) is 0 Å². The highest BCUT2D eigenvalue weighted by Crippen LogP contribution is 2.33. The van der Waals surface area contributed by atoms with E-state index in [0.29, 0.717) is 5.56 Å². The zero-order valence-corrected chi connectivity index (χ0v) is 22.8. The SMILES string of the molecule is N#Cc1cccc(-c2cccc3cc(-c4ccc(C5N=C(c6ccccc6)NC(c6ccccc6)=N5)cc4)ccc23)c1. The molecule has 198 valence electrons. The van der Waals surface area contributed by atoms with E-state index >= 15 is 0 Å². The Balaban J connectivity index is 1.22. The third kappa shape index (κ3) is 4.96. The lowest BCUT2D eigenvalue weighted by Gasteiger charge is -2.22. The molecule has 1 N–H and O–H groups in total. The van der Waals surface area contributed by atoms with Crippen molar-refractivity contribution in [3.63, 3.8) is 0 Å². The van der Waals surface area contributed by atoms with Gasteiger partial charge in [0.05, 0.1) is 11.6 Å². The van der Waals surface area contributed by atoms with E-state index in [9.17, 15) is 5.26 Å². The lowest BCUT2D eigenvalue weighted by atomic mass is 9.94. The van der Waals surface area contributed by atoms with E-state index < -0.39 is 0 Å². The average molecular weight is 539 g/mol. The van der Waals surface area contributed by atoms with Gasteiger partial charge < -0.3 is 5.32 Å². The van der Waals surface area contributed by atoms with E-state index in [1.807, 2.05) is 54.6 Å². The number of nitrogens with one attached hydrogen (secondary N) is 1. The van der Waals surface area contributed by atoms with Gasteiger partial charge in [-0.3, -0.25) is 0 Å². The summed E-state index contributed by atoms with van der Waals surface area (Å²) in [4.78, 5) is 9.98. The summed E-state index contributed by atoms with van der Waals surface area (Å²) in [6.45, 7) is 0. The molecule has 4 nitrogen and oxygen atoms in total. The van der Waals surface area contributed by atoms with Gasteiger partial charge in [-0.25, -0.2) is 9.98 Å². The highest BCUT2D eigenvalue weighted by atomic mass is 15.2. The first-order valence-electron chi connectivity index (χ1n) is 13.9. The van der Waals surface area contributed by atoms with Crippen molar-refractivity contribution in [1.29, 1.82) is 5.26 Å². The van der Waals surface area contributed by atoms with Crippen LogP contribution in [0.3, 0.4) is 0 Å². The maximum Gasteiger partial charge on any atom is 0.169 e. The van der Waals surface area contributed by atoms with E-state index in [1.54, 1.807) is 0 Å². The van der Waals surface area contributed by atoms with Crippen LogP contribution < -0.4 is 5.32 Å². The fraction of sp³-hybridized carbons (Fsp3) is 0.0263. The predicted octanol–water partition coefficient (Wildman–Crippen LogP) is 8.54. The number of nitriles is 1. The molecule has 0 saturated carbocycles. The molecule has 1 aliphatic rings. The number of benzene rings is 6. The number of nitrogens with zero attached hydrogens (tertiary/aromatic N) is 3. The second kappa shape index (κ2) is 11.0. The van der Waals surface area contributed by atoms with Crippen LogP contribution in [0.4, 0.5) is 0 Å². The van der Waals surface area contributed by atoms with Crippen LogP contribution in [-0.4, -0.2) is 11.7 Å². The maximum absolute atomic E-state index is 9.35. The lowest BCUT2D eigenvalue weighted by molar-refractivity contribution is 0.756. The van der Waals surface area contributed by atoms with E-state index in [1.165, 1.54) is 0 Å². The van der Waals surface area contributed by atoms with Gasteiger partial charge in [-0.1, -0.05) is 127 Å². The molecule has 0 aliphatic carbocycles. The Morgan fingerprint density at radius 1 is 0.524 bits per heavy atom. The predicted molar refractivity (Wildman–Crippen MR) is 171 cm³/mol. The fourth-order valence-electron chi connectivity index (χ4n) is 5.40. The zero-order chi connectivity index (χ0) is 28.3. The minimum absolute atomic E-state index is 0.353. The Bertz CT molecular complexity index is 1950. The summed E-state index contributed by atoms with van der Waals surface area (Å²) in [5.41, 5.74) is 8.18. The molecule has 0 amide bonds.